The number of rotatable bonds is 6. The van der Waals surface area contributed by atoms with Gasteiger partial charge in [-0.25, -0.2) is 0 Å². The maximum absolute atomic E-state index is 12.0. The third-order valence-corrected chi connectivity index (χ3v) is 3.81. The number of hydrogen-bond acceptors (Lipinski definition) is 4. The fourth-order valence-corrected chi connectivity index (χ4v) is 2.58. The molecule has 21 heavy (non-hydrogen) atoms. The van der Waals surface area contributed by atoms with Crippen LogP contribution in [-0.4, -0.2) is 50.1 Å². The molecular formula is C16H25N3O2. The molecule has 1 fully saturated rings. The van der Waals surface area contributed by atoms with Gasteiger partial charge in [0.1, 0.15) is 5.75 Å². The zero-order valence-electron chi connectivity index (χ0n) is 12.9. The second-order valence-corrected chi connectivity index (χ2v) is 5.34. The molecule has 2 rings (SSSR count). The van der Waals surface area contributed by atoms with Crippen LogP contribution in [0.3, 0.4) is 0 Å². The number of nitrogens with zero attached hydrogens (tertiary/aromatic N) is 1. The first-order valence-corrected chi connectivity index (χ1v) is 7.63. The van der Waals surface area contributed by atoms with Gasteiger partial charge in [-0.3, -0.25) is 9.69 Å². The van der Waals surface area contributed by atoms with E-state index in [-0.39, 0.29) is 5.91 Å². The van der Waals surface area contributed by atoms with Crippen molar-refractivity contribution in [3.05, 3.63) is 24.3 Å². The molecule has 0 saturated carbocycles. The highest BCUT2D eigenvalue weighted by Gasteiger charge is 2.19. The van der Waals surface area contributed by atoms with E-state index >= 15 is 0 Å². The molecule has 5 heteroatoms. The number of carbonyl (C=O) groups excluding carboxylic acids is 1. The lowest BCUT2D eigenvalue weighted by Gasteiger charge is -2.31. The van der Waals surface area contributed by atoms with Gasteiger partial charge in [0.15, 0.2) is 0 Å². The Labute approximate surface area is 126 Å². The summed E-state index contributed by atoms with van der Waals surface area (Å²) in [4.78, 5) is 14.2. The van der Waals surface area contributed by atoms with Crippen LogP contribution in [-0.2, 0) is 4.79 Å². The van der Waals surface area contributed by atoms with Gasteiger partial charge in [-0.1, -0.05) is 0 Å². The van der Waals surface area contributed by atoms with E-state index in [0.29, 0.717) is 19.2 Å². The van der Waals surface area contributed by atoms with Crippen molar-refractivity contribution in [2.75, 3.05) is 38.6 Å². The normalized spacial score (nSPS) is 16.7. The van der Waals surface area contributed by atoms with Crippen LogP contribution in [0.2, 0.25) is 0 Å². The lowest BCUT2D eigenvalue weighted by Crippen LogP contribution is -2.44. The first-order chi connectivity index (χ1) is 10.2. The molecule has 2 N–H and O–H groups in total. The van der Waals surface area contributed by atoms with Crippen LogP contribution in [0.15, 0.2) is 24.3 Å². The minimum Gasteiger partial charge on any atom is -0.494 e. The molecule has 0 spiro atoms. The van der Waals surface area contributed by atoms with Gasteiger partial charge >= 0.3 is 0 Å². The SMILES string of the molecule is CCOc1ccc(NC(=O)CN2CCC(NC)CC2)cc1. The average Bonchev–Trinajstić information content (AvgIpc) is 2.50. The van der Waals surface area contributed by atoms with Crippen molar-refractivity contribution < 1.29 is 9.53 Å². The number of piperidine rings is 1. The number of nitrogens with one attached hydrogen (secondary N) is 2. The first kappa shape index (κ1) is 15.8. The standard InChI is InChI=1S/C16H25N3O2/c1-3-21-15-6-4-14(5-7-15)18-16(20)12-19-10-8-13(17-2)9-11-19/h4-7,13,17H,3,8-12H2,1-2H3,(H,18,20). The fourth-order valence-electron chi connectivity index (χ4n) is 2.58. The first-order valence-electron chi connectivity index (χ1n) is 7.63. The van der Waals surface area contributed by atoms with Crippen molar-refractivity contribution in [1.82, 2.24) is 10.2 Å². The second kappa shape index (κ2) is 8.00. The number of anilines is 1. The Balaban J connectivity index is 1.76. The van der Waals surface area contributed by atoms with Crippen LogP contribution in [0.4, 0.5) is 5.69 Å². The molecule has 0 aromatic heterocycles. The van der Waals surface area contributed by atoms with Crippen molar-refractivity contribution >= 4 is 11.6 Å². The largest absolute Gasteiger partial charge is 0.494 e. The molecule has 1 amide bonds. The van der Waals surface area contributed by atoms with E-state index < -0.39 is 0 Å². The molecule has 0 aliphatic carbocycles. The van der Waals surface area contributed by atoms with Crippen molar-refractivity contribution in [1.29, 1.82) is 0 Å². The van der Waals surface area contributed by atoms with Crippen molar-refractivity contribution in [3.8, 4) is 5.75 Å². The van der Waals surface area contributed by atoms with Crippen LogP contribution in [0.1, 0.15) is 19.8 Å². The van der Waals surface area contributed by atoms with Crippen molar-refractivity contribution in [3.63, 3.8) is 0 Å². The van der Waals surface area contributed by atoms with Crippen molar-refractivity contribution in [2.45, 2.75) is 25.8 Å². The maximum atomic E-state index is 12.0. The van der Waals surface area contributed by atoms with Crippen molar-refractivity contribution in [2.24, 2.45) is 0 Å². The summed E-state index contributed by atoms with van der Waals surface area (Å²) in [5, 5.41) is 6.23. The Kier molecular flexibility index (Phi) is 6.02. The lowest BCUT2D eigenvalue weighted by atomic mass is 10.1. The highest BCUT2D eigenvalue weighted by atomic mass is 16.5. The minimum absolute atomic E-state index is 0.0436. The molecule has 116 valence electrons. The second-order valence-electron chi connectivity index (χ2n) is 5.34. The van der Waals surface area contributed by atoms with Gasteiger partial charge in [0.2, 0.25) is 5.91 Å². The number of likely N-dealkylation sites (tertiary alicyclic amines) is 1. The summed E-state index contributed by atoms with van der Waals surface area (Å²) < 4.78 is 5.38. The van der Waals surface area contributed by atoms with Gasteiger partial charge in [0, 0.05) is 24.8 Å². The van der Waals surface area contributed by atoms with Gasteiger partial charge in [0.05, 0.1) is 13.2 Å². The molecule has 1 aromatic carbocycles. The van der Waals surface area contributed by atoms with Gasteiger partial charge in [-0.15, -0.1) is 0 Å². The Hall–Kier alpha value is -1.59. The molecule has 0 radical (unpaired) electrons. The summed E-state index contributed by atoms with van der Waals surface area (Å²) in [5.74, 6) is 0.867. The molecule has 0 atom stereocenters. The van der Waals surface area contributed by atoms with Gasteiger partial charge in [-0.2, -0.15) is 0 Å². The molecule has 0 bridgehead atoms. The number of ether oxygens (including phenoxy) is 1. The van der Waals surface area contributed by atoms with Gasteiger partial charge < -0.3 is 15.4 Å². The summed E-state index contributed by atoms with van der Waals surface area (Å²) in [7, 11) is 2.00. The minimum atomic E-state index is 0.0436. The van der Waals surface area contributed by atoms with Crippen LogP contribution >= 0.6 is 0 Å². The Morgan fingerprint density at radius 2 is 1.95 bits per heavy atom. The van der Waals surface area contributed by atoms with E-state index in [4.69, 9.17) is 4.74 Å². The van der Waals surface area contributed by atoms with Gasteiger partial charge in [0.25, 0.3) is 0 Å². The lowest BCUT2D eigenvalue weighted by molar-refractivity contribution is -0.117. The molecular weight excluding hydrogens is 266 g/mol. The molecule has 1 aliphatic rings. The third-order valence-electron chi connectivity index (χ3n) is 3.81. The maximum Gasteiger partial charge on any atom is 0.238 e. The number of carbonyl (C=O) groups is 1. The predicted molar refractivity (Wildman–Crippen MR) is 84.8 cm³/mol. The van der Waals surface area contributed by atoms with Crippen LogP contribution in [0.25, 0.3) is 0 Å². The smallest absolute Gasteiger partial charge is 0.238 e. The summed E-state index contributed by atoms with van der Waals surface area (Å²) in [5.41, 5.74) is 0.813. The summed E-state index contributed by atoms with van der Waals surface area (Å²) in [6.45, 7) is 5.01. The topological polar surface area (TPSA) is 53.6 Å². The Morgan fingerprint density at radius 1 is 1.29 bits per heavy atom. The molecule has 1 aliphatic heterocycles. The monoisotopic (exact) mass is 291 g/mol. The van der Waals surface area contributed by atoms with E-state index in [0.717, 1.165) is 37.4 Å². The highest BCUT2D eigenvalue weighted by Crippen LogP contribution is 2.16. The van der Waals surface area contributed by atoms with E-state index in [1.165, 1.54) is 0 Å². The molecule has 1 heterocycles. The number of benzene rings is 1. The average molecular weight is 291 g/mol. The molecule has 5 nitrogen and oxygen atoms in total. The van der Waals surface area contributed by atoms with E-state index in [2.05, 4.69) is 15.5 Å². The summed E-state index contributed by atoms with van der Waals surface area (Å²) in [6.07, 6.45) is 2.21. The fraction of sp³-hybridized carbons (Fsp3) is 0.562. The number of hydrogen-bond donors (Lipinski definition) is 2. The Morgan fingerprint density at radius 3 is 2.52 bits per heavy atom. The zero-order valence-corrected chi connectivity index (χ0v) is 12.9. The third kappa shape index (κ3) is 5.02. The zero-order chi connectivity index (χ0) is 15.1. The van der Waals surface area contributed by atoms with Crippen LogP contribution < -0.4 is 15.4 Å². The van der Waals surface area contributed by atoms with Gasteiger partial charge in [-0.05, 0) is 51.1 Å². The summed E-state index contributed by atoms with van der Waals surface area (Å²) in [6, 6.07) is 8.08. The predicted octanol–water partition coefficient (Wildman–Crippen LogP) is 1.71. The van der Waals surface area contributed by atoms with E-state index in [1.54, 1.807) is 0 Å². The highest BCUT2D eigenvalue weighted by molar-refractivity contribution is 5.92. The van der Waals surface area contributed by atoms with E-state index in [1.807, 2.05) is 38.2 Å². The van der Waals surface area contributed by atoms with Crippen LogP contribution in [0.5, 0.6) is 5.75 Å². The Bertz CT molecular complexity index is 439. The quantitative estimate of drug-likeness (QED) is 0.838. The molecule has 1 saturated heterocycles. The molecule has 0 unspecified atom stereocenters. The van der Waals surface area contributed by atoms with Crippen LogP contribution in [0, 0.1) is 0 Å². The molecule has 1 aromatic rings. The van der Waals surface area contributed by atoms with E-state index in [9.17, 15) is 4.79 Å². The summed E-state index contributed by atoms with van der Waals surface area (Å²) >= 11 is 0. The number of amides is 1.